The van der Waals surface area contributed by atoms with E-state index in [9.17, 15) is 14.4 Å². The van der Waals surface area contributed by atoms with Gasteiger partial charge in [0.05, 0.1) is 0 Å². The Bertz CT molecular complexity index is 1120. The predicted molar refractivity (Wildman–Crippen MR) is 147 cm³/mol. The van der Waals surface area contributed by atoms with Crippen molar-refractivity contribution in [3.63, 3.8) is 0 Å². The zero-order valence-electron chi connectivity index (χ0n) is 23.1. The monoisotopic (exact) mass is 536 g/mol. The number of nitrogens with two attached hydrogens (primary N) is 1. The van der Waals surface area contributed by atoms with E-state index in [1.165, 1.54) is 0 Å². The molecule has 3 N–H and O–H groups in total. The Labute approximate surface area is 230 Å². The number of hydrogen-bond donors (Lipinski definition) is 2. The predicted octanol–water partition coefficient (Wildman–Crippen LogP) is 3.80. The minimum Gasteiger partial charge on any atom is -0.444 e. The Hall–Kier alpha value is -3.59. The Kier molecular flexibility index (Phi) is 9.12. The van der Waals surface area contributed by atoms with E-state index in [2.05, 4.69) is 5.32 Å². The number of benzene rings is 2. The van der Waals surface area contributed by atoms with Crippen molar-refractivity contribution < 1.29 is 24.0 Å². The summed E-state index contributed by atoms with van der Waals surface area (Å²) in [5, 5.41) is 3.06. The lowest BCUT2D eigenvalue weighted by Crippen LogP contribution is -2.57. The average Bonchev–Trinajstić information content (AvgIpc) is 3.72. The lowest BCUT2D eigenvalue weighted by molar-refractivity contribution is -0.142. The summed E-state index contributed by atoms with van der Waals surface area (Å²) in [6.07, 6.45) is 2.81. The van der Waals surface area contributed by atoms with Gasteiger partial charge in [0, 0.05) is 32.1 Å². The first-order valence-electron chi connectivity index (χ1n) is 13.7. The molecule has 2 aromatic carbocycles. The van der Waals surface area contributed by atoms with Crippen LogP contribution in [0.3, 0.4) is 0 Å². The number of likely N-dealkylation sites (tertiary alicyclic amines) is 1. The maximum Gasteiger partial charge on any atom is 0.410 e. The highest BCUT2D eigenvalue weighted by Gasteiger charge is 2.43. The quantitative estimate of drug-likeness (QED) is 0.422. The minimum absolute atomic E-state index is 0.0279. The van der Waals surface area contributed by atoms with E-state index < -0.39 is 11.6 Å². The molecule has 1 aliphatic carbocycles. The molecule has 0 spiro atoms. The first-order chi connectivity index (χ1) is 18.6. The fraction of sp³-hybridized carbons (Fsp3) is 0.500. The molecule has 3 amide bonds. The fourth-order valence-corrected chi connectivity index (χ4v) is 4.86. The van der Waals surface area contributed by atoms with E-state index in [1.807, 2.05) is 68.1 Å². The third kappa shape index (κ3) is 8.20. The first-order valence-corrected chi connectivity index (χ1v) is 13.7. The van der Waals surface area contributed by atoms with E-state index >= 15 is 0 Å². The number of carbonyl (C=O) groups excluding carboxylic acids is 3. The van der Waals surface area contributed by atoms with Crippen LogP contribution in [0.2, 0.25) is 0 Å². The molecule has 2 aliphatic rings. The zero-order valence-corrected chi connectivity index (χ0v) is 23.1. The van der Waals surface area contributed by atoms with Crippen molar-refractivity contribution in [1.29, 1.82) is 0 Å². The van der Waals surface area contributed by atoms with Crippen molar-refractivity contribution in [2.75, 3.05) is 13.1 Å². The van der Waals surface area contributed by atoms with Gasteiger partial charge in [-0.05, 0) is 75.6 Å². The van der Waals surface area contributed by atoms with Crippen LogP contribution in [0.15, 0.2) is 54.6 Å². The van der Waals surface area contributed by atoms with Crippen LogP contribution in [0.5, 0.6) is 5.75 Å². The van der Waals surface area contributed by atoms with Crippen LogP contribution < -0.4 is 16.1 Å². The van der Waals surface area contributed by atoms with Crippen LogP contribution in [0.1, 0.15) is 57.6 Å². The standard InChI is InChI=1S/C30H40N4O5/c1-30(2,3)38-29(37)33-19-23(20-33)17-26(28(36)32-18-22-7-5-4-6-8-22)34(24-12-13-24)27(35)16-11-21-9-14-25(39-31)15-10-21/h4-10,14-15,23-24,26H,11-13,16-20,31H2,1-3H3,(H,32,36). The zero-order chi connectivity index (χ0) is 28.0. The van der Waals surface area contributed by atoms with Crippen LogP contribution in [0, 0.1) is 5.92 Å². The van der Waals surface area contributed by atoms with Crippen molar-refractivity contribution >= 4 is 17.9 Å². The molecule has 1 atom stereocenters. The maximum absolute atomic E-state index is 13.6. The molecule has 1 aliphatic heterocycles. The van der Waals surface area contributed by atoms with E-state index in [1.54, 1.807) is 17.0 Å². The molecule has 2 aromatic rings. The lowest BCUT2D eigenvalue weighted by Gasteiger charge is -2.42. The molecule has 2 fully saturated rings. The van der Waals surface area contributed by atoms with Crippen LogP contribution in [-0.4, -0.2) is 58.5 Å². The highest BCUT2D eigenvalue weighted by molar-refractivity contribution is 5.88. The number of rotatable bonds is 11. The molecular weight excluding hydrogens is 496 g/mol. The van der Waals surface area contributed by atoms with Gasteiger partial charge in [0.1, 0.15) is 17.4 Å². The van der Waals surface area contributed by atoms with Gasteiger partial charge < -0.3 is 24.7 Å². The van der Waals surface area contributed by atoms with Crippen molar-refractivity contribution in [2.24, 2.45) is 11.8 Å². The second kappa shape index (κ2) is 12.5. The normalized spacial score (nSPS) is 16.2. The summed E-state index contributed by atoms with van der Waals surface area (Å²) in [5.41, 5.74) is 1.44. The molecule has 1 unspecified atom stereocenters. The largest absolute Gasteiger partial charge is 0.444 e. The van der Waals surface area contributed by atoms with Crippen molar-refractivity contribution in [3.8, 4) is 5.75 Å². The first kappa shape index (κ1) is 28.4. The van der Waals surface area contributed by atoms with Gasteiger partial charge in [-0.2, -0.15) is 5.90 Å². The van der Waals surface area contributed by atoms with Gasteiger partial charge in [-0.1, -0.05) is 42.5 Å². The number of nitrogens with one attached hydrogen (secondary N) is 1. The van der Waals surface area contributed by atoms with E-state index in [0.29, 0.717) is 44.6 Å². The summed E-state index contributed by atoms with van der Waals surface area (Å²) < 4.78 is 5.48. The molecule has 1 saturated heterocycles. The Morgan fingerprint density at radius 2 is 1.69 bits per heavy atom. The summed E-state index contributed by atoms with van der Waals surface area (Å²) in [7, 11) is 0. The van der Waals surface area contributed by atoms with E-state index in [-0.39, 0.29) is 29.9 Å². The van der Waals surface area contributed by atoms with Crippen LogP contribution in [0.25, 0.3) is 0 Å². The topological polar surface area (TPSA) is 114 Å². The number of ether oxygens (including phenoxy) is 1. The van der Waals surface area contributed by atoms with Gasteiger partial charge in [-0.3, -0.25) is 9.59 Å². The maximum atomic E-state index is 13.6. The Morgan fingerprint density at radius 3 is 2.28 bits per heavy atom. The fourth-order valence-electron chi connectivity index (χ4n) is 4.86. The molecule has 0 radical (unpaired) electrons. The molecule has 39 heavy (non-hydrogen) atoms. The SMILES string of the molecule is CC(C)(C)OC(=O)N1CC(CC(C(=O)NCc2ccccc2)N(C(=O)CCc2ccc(ON)cc2)C2CC2)C1. The van der Waals surface area contributed by atoms with Gasteiger partial charge in [-0.15, -0.1) is 0 Å². The van der Waals surface area contributed by atoms with Gasteiger partial charge >= 0.3 is 6.09 Å². The minimum atomic E-state index is -0.590. The summed E-state index contributed by atoms with van der Waals surface area (Å²) in [5.74, 6) is 5.69. The van der Waals surface area contributed by atoms with Crippen LogP contribution in [-0.2, 0) is 27.3 Å². The van der Waals surface area contributed by atoms with Gasteiger partial charge in [-0.25, -0.2) is 4.79 Å². The molecule has 0 aromatic heterocycles. The number of nitrogens with zero attached hydrogens (tertiary/aromatic N) is 2. The highest BCUT2D eigenvalue weighted by atomic mass is 16.6. The summed E-state index contributed by atoms with van der Waals surface area (Å²) >= 11 is 0. The summed E-state index contributed by atoms with van der Waals surface area (Å²) in [6, 6.07) is 16.5. The van der Waals surface area contributed by atoms with Gasteiger partial charge in [0.25, 0.3) is 0 Å². The second-order valence-electron chi connectivity index (χ2n) is 11.5. The highest BCUT2D eigenvalue weighted by Crippen LogP contribution is 2.33. The lowest BCUT2D eigenvalue weighted by atomic mass is 9.91. The summed E-state index contributed by atoms with van der Waals surface area (Å²) in [6.45, 7) is 6.95. The van der Waals surface area contributed by atoms with Crippen LogP contribution >= 0.6 is 0 Å². The number of aryl methyl sites for hydroxylation is 1. The Balaban J connectivity index is 1.43. The molecule has 0 bridgehead atoms. The Morgan fingerprint density at radius 1 is 1.03 bits per heavy atom. The molecule has 9 heteroatoms. The van der Waals surface area contributed by atoms with Crippen molar-refractivity contribution in [1.82, 2.24) is 15.1 Å². The third-order valence-electron chi connectivity index (χ3n) is 7.03. The van der Waals surface area contributed by atoms with Crippen molar-refractivity contribution in [2.45, 2.75) is 77.1 Å². The average molecular weight is 537 g/mol. The van der Waals surface area contributed by atoms with E-state index in [4.69, 9.17) is 15.5 Å². The second-order valence-corrected chi connectivity index (χ2v) is 11.5. The number of carbonyl (C=O) groups is 3. The summed E-state index contributed by atoms with van der Waals surface area (Å²) in [4.78, 5) is 47.8. The van der Waals surface area contributed by atoms with Gasteiger partial charge in [0.2, 0.25) is 11.8 Å². The van der Waals surface area contributed by atoms with Crippen molar-refractivity contribution in [3.05, 3.63) is 65.7 Å². The van der Waals surface area contributed by atoms with Crippen LogP contribution in [0.4, 0.5) is 4.79 Å². The smallest absolute Gasteiger partial charge is 0.410 e. The number of hydrogen-bond acceptors (Lipinski definition) is 6. The molecule has 4 rings (SSSR count). The third-order valence-corrected chi connectivity index (χ3v) is 7.03. The van der Waals surface area contributed by atoms with Gasteiger partial charge in [0.15, 0.2) is 0 Å². The molecule has 1 heterocycles. The molecule has 1 saturated carbocycles. The molecule has 210 valence electrons. The molecular formula is C30H40N4O5. The molecule has 9 nitrogen and oxygen atoms in total. The number of amides is 3. The van der Waals surface area contributed by atoms with E-state index in [0.717, 1.165) is 24.0 Å².